The molecule has 0 amide bonds. The molecule has 2 aliphatic carbocycles. The van der Waals surface area contributed by atoms with Crippen molar-refractivity contribution < 1.29 is 4.42 Å². The fourth-order valence-corrected chi connectivity index (χ4v) is 3.07. The molecule has 3 nitrogen and oxygen atoms in total. The van der Waals surface area contributed by atoms with Gasteiger partial charge in [0.25, 0.3) is 0 Å². The van der Waals surface area contributed by atoms with Crippen LogP contribution in [0.3, 0.4) is 0 Å². The standard InChI is InChI=1S/C14H22N2O/c1-2-4-15-5-3-14-16-9-13(17-14)12-7-10-6-11(10)8-12/h9-12,15H,2-8H2,1H3. The van der Waals surface area contributed by atoms with Crippen molar-refractivity contribution in [3.05, 3.63) is 17.8 Å². The van der Waals surface area contributed by atoms with Crippen LogP contribution in [-0.2, 0) is 6.42 Å². The molecular weight excluding hydrogens is 212 g/mol. The third kappa shape index (κ3) is 2.54. The monoisotopic (exact) mass is 234 g/mol. The van der Waals surface area contributed by atoms with Crippen LogP contribution < -0.4 is 5.32 Å². The van der Waals surface area contributed by atoms with E-state index in [1.807, 2.05) is 6.20 Å². The fourth-order valence-electron chi connectivity index (χ4n) is 3.07. The van der Waals surface area contributed by atoms with Crippen molar-refractivity contribution in [3.63, 3.8) is 0 Å². The molecule has 17 heavy (non-hydrogen) atoms. The molecule has 0 spiro atoms. The average molecular weight is 234 g/mol. The normalized spacial score (nSPS) is 30.5. The predicted molar refractivity (Wildman–Crippen MR) is 66.9 cm³/mol. The number of rotatable bonds is 6. The Morgan fingerprint density at radius 3 is 2.88 bits per heavy atom. The number of nitrogens with zero attached hydrogens (tertiary/aromatic N) is 1. The van der Waals surface area contributed by atoms with Crippen LogP contribution >= 0.6 is 0 Å². The molecule has 2 unspecified atom stereocenters. The molecule has 0 radical (unpaired) electrons. The Balaban J connectivity index is 1.48. The van der Waals surface area contributed by atoms with E-state index in [0.29, 0.717) is 5.92 Å². The highest BCUT2D eigenvalue weighted by molar-refractivity contribution is 5.11. The Kier molecular flexibility index (Phi) is 3.19. The van der Waals surface area contributed by atoms with Crippen LogP contribution in [0.4, 0.5) is 0 Å². The van der Waals surface area contributed by atoms with Gasteiger partial charge in [0.05, 0.1) is 6.20 Å². The van der Waals surface area contributed by atoms with Crippen LogP contribution in [-0.4, -0.2) is 18.1 Å². The van der Waals surface area contributed by atoms with E-state index in [1.54, 1.807) is 0 Å². The maximum Gasteiger partial charge on any atom is 0.195 e. The molecular formula is C14H22N2O. The Morgan fingerprint density at radius 2 is 2.12 bits per heavy atom. The van der Waals surface area contributed by atoms with Crippen LogP contribution in [0.1, 0.15) is 50.2 Å². The molecule has 1 aromatic heterocycles. The van der Waals surface area contributed by atoms with Crippen LogP contribution in [0.5, 0.6) is 0 Å². The van der Waals surface area contributed by atoms with E-state index in [9.17, 15) is 0 Å². The van der Waals surface area contributed by atoms with Gasteiger partial charge in [0.2, 0.25) is 0 Å². The summed E-state index contributed by atoms with van der Waals surface area (Å²) in [4.78, 5) is 4.39. The van der Waals surface area contributed by atoms with Crippen LogP contribution in [0.25, 0.3) is 0 Å². The molecule has 2 saturated carbocycles. The number of fused-ring (bicyclic) bond motifs is 1. The van der Waals surface area contributed by atoms with E-state index in [-0.39, 0.29) is 0 Å². The van der Waals surface area contributed by atoms with Gasteiger partial charge < -0.3 is 9.73 Å². The smallest absolute Gasteiger partial charge is 0.195 e. The molecule has 1 N–H and O–H groups in total. The molecule has 2 fully saturated rings. The van der Waals surface area contributed by atoms with Gasteiger partial charge >= 0.3 is 0 Å². The Hall–Kier alpha value is -0.830. The van der Waals surface area contributed by atoms with Gasteiger partial charge in [-0.1, -0.05) is 6.92 Å². The summed E-state index contributed by atoms with van der Waals surface area (Å²) < 4.78 is 5.87. The lowest BCUT2D eigenvalue weighted by Gasteiger charge is -2.06. The van der Waals surface area contributed by atoms with E-state index >= 15 is 0 Å². The zero-order valence-electron chi connectivity index (χ0n) is 10.6. The van der Waals surface area contributed by atoms with E-state index < -0.39 is 0 Å². The van der Waals surface area contributed by atoms with Crippen molar-refractivity contribution >= 4 is 0 Å². The second-order valence-electron chi connectivity index (χ2n) is 5.58. The van der Waals surface area contributed by atoms with E-state index in [2.05, 4.69) is 17.2 Å². The van der Waals surface area contributed by atoms with Crippen molar-refractivity contribution in [2.45, 2.75) is 44.9 Å². The van der Waals surface area contributed by atoms with Gasteiger partial charge in [-0.2, -0.15) is 0 Å². The van der Waals surface area contributed by atoms with Gasteiger partial charge in [-0.15, -0.1) is 0 Å². The van der Waals surface area contributed by atoms with Crippen molar-refractivity contribution in [1.29, 1.82) is 0 Å². The first kappa shape index (κ1) is 11.3. The lowest BCUT2D eigenvalue weighted by atomic mass is 10.0. The summed E-state index contributed by atoms with van der Waals surface area (Å²) >= 11 is 0. The molecule has 2 atom stereocenters. The quantitative estimate of drug-likeness (QED) is 0.769. The zero-order chi connectivity index (χ0) is 11.7. The van der Waals surface area contributed by atoms with Gasteiger partial charge in [-0.3, -0.25) is 0 Å². The molecule has 1 aromatic rings. The Morgan fingerprint density at radius 1 is 1.29 bits per heavy atom. The minimum absolute atomic E-state index is 0.670. The van der Waals surface area contributed by atoms with E-state index in [4.69, 9.17) is 4.42 Å². The minimum Gasteiger partial charge on any atom is -0.445 e. The summed E-state index contributed by atoms with van der Waals surface area (Å²) in [6.07, 6.45) is 8.21. The van der Waals surface area contributed by atoms with Crippen molar-refractivity contribution in [2.75, 3.05) is 13.1 Å². The summed E-state index contributed by atoms with van der Waals surface area (Å²) in [5.41, 5.74) is 0. The Bertz CT molecular complexity index is 364. The molecule has 2 aliphatic rings. The predicted octanol–water partition coefficient (Wildman–Crippen LogP) is 2.73. The lowest BCUT2D eigenvalue weighted by Crippen LogP contribution is -2.17. The van der Waals surface area contributed by atoms with Gasteiger partial charge in [-0.25, -0.2) is 4.98 Å². The molecule has 3 heteroatoms. The van der Waals surface area contributed by atoms with Gasteiger partial charge in [0.15, 0.2) is 5.89 Å². The third-order valence-electron chi connectivity index (χ3n) is 4.16. The Labute approximate surface area is 103 Å². The number of nitrogens with one attached hydrogen (secondary N) is 1. The third-order valence-corrected chi connectivity index (χ3v) is 4.16. The summed E-state index contributed by atoms with van der Waals surface area (Å²) in [6.45, 7) is 4.24. The van der Waals surface area contributed by atoms with Crippen molar-refractivity contribution in [2.24, 2.45) is 11.8 Å². The van der Waals surface area contributed by atoms with Crippen molar-refractivity contribution in [3.8, 4) is 0 Å². The topological polar surface area (TPSA) is 38.1 Å². The average Bonchev–Trinajstić information content (AvgIpc) is 2.81. The summed E-state index contributed by atoms with van der Waals surface area (Å²) in [7, 11) is 0. The SMILES string of the molecule is CCCNCCc1ncc(C2CC3CC3C2)o1. The maximum atomic E-state index is 5.87. The number of hydrogen-bond acceptors (Lipinski definition) is 3. The highest BCUT2D eigenvalue weighted by Crippen LogP contribution is 2.57. The molecule has 94 valence electrons. The first-order chi connectivity index (χ1) is 8.36. The molecule has 0 bridgehead atoms. The zero-order valence-corrected chi connectivity index (χ0v) is 10.6. The van der Waals surface area contributed by atoms with Crippen LogP contribution in [0.15, 0.2) is 10.6 Å². The van der Waals surface area contributed by atoms with Crippen LogP contribution in [0, 0.1) is 11.8 Å². The molecule has 0 saturated heterocycles. The highest BCUT2D eigenvalue weighted by Gasteiger charge is 2.47. The van der Waals surface area contributed by atoms with E-state index in [0.717, 1.165) is 43.0 Å². The van der Waals surface area contributed by atoms with Gasteiger partial charge in [0.1, 0.15) is 5.76 Å². The van der Waals surface area contributed by atoms with Gasteiger partial charge in [-0.05, 0) is 44.1 Å². The largest absolute Gasteiger partial charge is 0.445 e. The summed E-state index contributed by atoms with van der Waals surface area (Å²) in [6, 6.07) is 0. The van der Waals surface area contributed by atoms with E-state index in [1.165, 1.54) is 25.7 Å². The molecule has 0 aromatic carbocycles. The minimum atomic E-state index is 0.670. The highest BCUT2D eigenvalue weighted by atomic mass is 16.4. The molecule has 3 rings (SSSR count). The first-order valence-corrected chi connectivity index (χ1v) is 7.02. The van der Waals surface area contributed by atoms with Crippen molar-refractivity contribution in [1.82, 2.24) is 10.3 Å². The molecule has 1 heterocycles. The van der Waals surface area contributed by atoms with Crippen LogP contribution in [0.2, 0.25) is 0 Å². The first-order valence-electron chi connectivity index (χ1n) is 7.02. The summed E-state index contributed by atoms with van der Waals surface area (Å²) in [5.74, 6) is 4.75. The second kappa shape index (κ2) is 4.81. The lowest BCUT2D eigenvalue weighted by molar-refractivity contribution is 0.409. The number of oxazole rings is 1. The fraction of sp³-hybridized carbons (Fsp3) is 0.786. The summed E-state index contributed by atoms with van der Waals surface area (Å²) in [5, 5.41) is 3.38. The second-order valence-corrected chi connectivity index (χ2v) is 5.58. The maximum absolute atomic E-state index is 5.87. The number of aromatic nitrogens is 1. The number of hydrogen-bond donors (Lipinski definition) is 1. The molecule has 0 aliphatic heterocycles. The van der Waals surface area contributed by atoms with Gasteiger partial charge in [0, 0.05) is 18.9 Å².